The molecule has 1 rings (SSSR count). The lowest BCUT2D eigenvalue weighted by Crippen LogP contribution is -2.23. The van der Waals surface area contributed by atoms with Crippen LogP contribution in [0.1, 0.15) is 64.3 Å². The van der Waals surface area contributed by atoms with Gasteiger partial charge in [0.2, 0.25) is 0 Å². The minimum atomic E-state index is 0.0603. The van der Waals surface area contributed by atoms with Crippen LogP contribution in [0.2, 0.25) is 0 Å². The highest BCUT2D eigenvalue weighted by molar-refractivity contribution is 5.27. The molecule has 0 saturated heterocycles. The van der Waals surface area contributed by atoms with Crippen LogP contribution in [0.5, 0.6) is 0 Å². The number of hydrogen-bond donors (Lipinski definition) is 0. The van der Waals surface area contributed by atoms with Crippen molar-refractivity contribution in [3.05, 3.63) is 22.8 Å². The van der Waals surface area contributed by atoms with E-state index < -0.39 is 0 Å². The van der Waals surface area contributed by atoms with E-state index in [-0.39, 0.29) is 10.8 Å². The Kier molecular flexibility index (Phi) is 3.15. The van der Waals surface area contributed by atoms with E-state index in [0.29, 0.717) is 0 Å². The zero-order valence-corrected chi connectivity index (χ0v) is 11.9. The minimum Gasteiger partial charge on any atom is -0.255 e. The summed E-state index contributed by atoms with van der Waals surface area (Å²) in [5, 5.41) is 0. The first kappa shape index (κ1) is 13.1. The summed E-state index contributed by atoms with van der Waals surface area (Å²) in [4.78, 5) is 9.50. The lowest BCUT2D eigenvalue weighted by Gasteiger charge is -2.26. The third-order valence-electron chi connectivity index (χ3n) is 2.67. The Labute approximate surface area is 99.5 Å². The van der Waals surface area contributed by atoms with E-state index in [4.69, 9.17) is 4.98 Å². The molecule has 0 unspecified atom stereocenters. The molecule has 0 saturated carbocycles. The summed E-state index contributed by atoms with van der Waals surface area (Å²) in [6, 6.07) is 0. The molecule has 0 aliphatic heterocycles. The Morgan fingerprint density at radius 2 is 0.938 bits per heavy atom. The monoisotopic (exact) mass is 220 g/mol. The molecule has 0 aromatic carbocycles. The van der Waals surface area contributed by atoms with E-state index >= 15 is 0 Å². The van der Waals surface area contributed by atoms with Gasteiger partial charge >= 0.3 is 0 Å². The SMILES string of the molecule is Cc1nc(C)c(C(C)(C)C)nc1C(C)(C)C. The number of aryl methyl sites for hydroxylation is 2. The van der Waals surface area contributed by atoms with Crippen LogP contribution in [0.3, 0.4) is 0 Å². The first-order valence-electron chi connectivity index (χ1n) is 5.89. The molecule has 0 spiro atoms. The average molecular weight is 220 g/mol. The summed E-state index contributed by atoms with van der Waals surface area (Å²) < 4.78 is 0. The lowest BCUT2D eigenvalue weighted by molar-refractivity contribution is 0.516. The van der Waals surface area contributed by atoms with Crippen molar-refractivity contribution in [3.63, 3.8) is 0 Å². The first-order chi connectivity index (χ1) is 7.03. The molecule has 0 atom stereocenters. The molecule has 1 aromatic rings. The minimum absolute atomic E-state index is 0.0603. The van der Waals surface area contributed by atoms with E-state index in [1.165, 1.54) is 0 Å². The van der Waals surface area contributed by atoms with Crippen LogP contribution in [-0.2, 0) is 10.8 Å². The summed E-state index contributed by atoms with van der Waals surface area (Å²) in [5.41, 5.74) is 4.46. The Morgan fingerprint density at radius 3 is 1.19 bits per heavy atom. The molecule has 2 heteroatoms. The predicted octanol–water partition coefficient (Wildman–Crippen LogP) is 3.69. The van der Waals surface area contributed by atoms with Gasteiger partial charge in [0.25, 0.3) is 0 Å². The molecule has 90 valence electrons. The van der Waals surface area contributed by atoms with Crippen LogP contribution in [0.15, 0.2) is 0 Å². The van der Waals surface area contributed by atoms with Crippen LogP contribution in [0.4, 0.5) is 0 Å². The van der Waals surface area contributed by atoms with Crippen LogP contribution in [-0.4, -0.2) is 9.97 Å². The normalized spacial score (nSPS) is 13.0. The maximum Gasteiger partial charge on any atom is 0.0673 e. The molecule has 0 radical (unpaired) electrons. The van der Waals surface area contributed by atoms with Crippen molar-refractivity contribution in [1.29, 1.82) is 0 Å². The van der Waals surface area contributed by atoms with Gasteiger partial charge in [-0.05, 0) is 13.8 Å². The number of hydrogen-bond acceptors (Lipinski definition) is 2. The summed E-state index contributed by atoms with van der Waals surface area (Å²) in [5.74, 6) is 0. The van der Waals surface area contributed by atoms with Crippen molar-refractivity contribution in [2.45, 2.75) is 66.2 Å². The van der Waals surface area contributed by atoms with Crippen LogP contribution in [0, 0.1) is 13.8 Å². The van der Waals surface area contributed by atoms with Crippen molar-refractivity contribution in [3.8, 4) is 0 Å². The van der Waals surface area contributed by atoms with Gasteiger partial charge in [0.15, 0.2) is 0 Å². The van der Waals surface area contributed by atoms with Gasteiger partial charge in [-0.2, -0.15) is 0 Å². The van der Waals surface area contributed by atoms with E-state index in [0.717, 1.165) is 22.8 Å². The van der Waals surface area contributed by atoms with Gasteiger partial charge in [-0.1, -0.05) is 41.5 Å². The number of nitrogens with zero attached hydrogens (tertiary/aromatic N) is 2. The van der Waals surface area contributed by atoms with Crippen molar-refractivity contribution >= 4 is 0 Å². The molecule has 2 nitrogen and oxygen atoms in total. The van der Waals surface area contributed by atoms with Crippen LogP contribution in [0.25, 0.3) is 0 Å². The molecule has 1 aromatic heterocycles. The van der Waals surface area contributed by atoms with Crippen molar-refractivity contribution < 1.29 is 0 Å². The highest BCUT2D eigenvalue weighted by Crippen LogP contribution is 2.28. The second kappa shape index (κ2) is 3.83. The van der Waals surface area contributed by atoms with Gasteiger partial charge in [0.05, 0.1) is 22.8 Å². The molecule has 1 heterocycles. The van der Waals surface area contributed by atoms with Gasteiger partial charge in [0, 0.05) is 10.8 Å². The van der Waals surface area contributed by atoms with E-state index in [1.54, 1.807) is 0 Å². The van der Waals surface area contributed by atoms with Gasteiger partial charge in [-0.15, -0.1) is 0 Å². The fourth-order valence-electron chi connectivity index (χ4n) is 2.05. The smallest absolute Gasteiger partial charge is 0.0673 e. The molecular weight excluding hydrogens is 196 g/mol. The standard InChI is InChI=1S/C14H24N2/c1-9-11(13(3,4)5)16-12(10(2)15-9)14(6,7)8/h1-8H3. The van der Waals surface area contributed by atoms with Crippen molar-refractivity contribution in [2.24, 2.45) is 0 Å². The van der Waals surface area contributed by atoms with Gasteiger partial charge in [-0.3, -0.25) is 9.97 Å². The quantitative estimate of drug-likeness (QED) is 0.666. The van der Waals surface area contributed by atoms with Crippen LogP contribution < -0.4 is 0 Å². The van der Waals surface area contributed by atoms with E-state index in [9.17, 15) is 0 Å². The summed E-state index contributed by atoms with van der Waals surface area (Å²) in [6.45, 7) is 17.2. The predicted molar refractivity (Wildman–Crippen MR) is 68.9 cm³/mol. The fourth-order valence-corrected chi connectivity index (χ4v) is 2.05. The third kappa shape index (κ3) is 2.60. The second-order valence-electron chi connectivity index (χ2n) is 6.59. The maximum atomic E-state index is 4.85. The average Bonchev–Trinajstić information content (AvgIpc) is 1.97. The lowest BCUT2D eigenvalue weighted by atomic mass is 9.87. The molecule has 16 heavy (non-hydrogen) atoms. The number of aromatic nitrogens is 2. The van der Waals surface area contributed by atoms with Gasteiger partial charge in [0.1, 0.15) is 0 Å². The zero-order chi connectivity index (χ0) is 12.7. The molecule has 0 amide bonds. The largest absolute Gasteiger partial charge is 0.255 e. The highest BCUT2D eigenvalue weighted by atomic mass is 14.9. The number of rotatable bonds is 0. The van der Waals surface area contributed by atoms with Gasteiger partial charge < -0.3 is 0 Å². The third-order valence-corrected chi connectivity index (χ3v) is 2.67. The van der Waals surface area contributed by atoms with E-state index in [1.807, 2.05) is 13.8 Å². The van der Waals surface area contributed by atoms with Crippen molar-refractivity contribution in [2.75, 3.05) is 0 Å². The molecule has 0 aliphatic carbocycles. The summed E-state index contributed by atoms with van der Waals surface area (Å²) in [7, 11) is 0. The Bertz CT molecular complexity index is 357. The zero-order valence-electron chi connectivity index (χ0n) is 11.9. The van der Waals surface area contributed by atoms with Crippen LogP contribution >= 0.6 is 0 Å². The van der Waals surface area contributed by atoms with Crippen molar-refractivity contribution in [1.82, 2.24) is 9.97 Å². The molecule has 0 N–H and O–H groups in total. The van der Waals surface area contributed by atoms with E-state index in [2.05, 4.69) is 46.5 Å². The Morgan fingerprint density at radius 1 is 0.625 bits per heavy atom. The molecule has 0 fully saturated rings. The molecular formula is C14H24N2. The Balaban J connectivity index is 3.45. The first-order valence-corrected chi connectivity index (χ1v) is 5.89. The molecule has 0 aliphatic rings. The Hall–Kier alpha value is -0.920. The van der Waals surface area contributed by atoms with Gasteiger partial charge in [-0.25, -0.2) is 0 Å². The maximum absolute atomic E-state index is 4.85. The molecule has 0 bridgehead atoms. The summed E-state index contributed by atoms with van der Waals surface area (Å²) >= 11 is 0. The summed E-state index contributed by atoms with van der Waals surface area (Å²) in [6.07, 6.45) is 0. The fraction of sp³-hybridized carbons (Fsp3) is 0.714. The second-order valence-corrected chi connectivity index (χ2v) is 6.59. The topological polar surface area (TPSA) is 25.8 Å². The highest BCUT2D eigenvalue weighted by Gasteiger charge is 2.25.